The molecular weight excluding hydrogens is 242 g/mol. The number of hydrogen-bond donors (Lipinski definition) is 0. The molecule has 2 rings (SSSR count). The summed E-state index contributed by atoms with van der Waals surface area (Å²) < 4.78 is 10.5. The van der Waals surface area contributed by atoms with Crippen molar-refractivity contribution in [3.63, 3.8) is 0 Å². The number of ether oxygens (including phenoxy) is 2. The highest BCUT2D eigenvalue weighted by Gasteiger charge is 2.30. The highest BCUT2D eigenvalue weighted by atomic mass is 16.5. The molecule has 0 amide bonds. The summed E-state index contributed by atoms with van der Waals surface area (Å²) in [7, 11) is 1.46. The molecule has 1 atom stereocenters. The molecule has 104 valence electrons. The third-order valence-corrected chi connectivity index (χ3v) is 3.44. The molecule has 1 aliphatic rings. The normalized spacial score (nSPS) is 19.3. The fourth-order valence-electron chi connectivity index (χ4n) is 2.47. The summed E-state index contributed by atoms with van der Waals surface area (Å²) in [6, 6.07) is 9.74. The Hall–Kier alpha value is -1.55. The second kappa shape index (κ2) is 7.14. The van der Waals surface area contributed by atoms with Gasteiger partial charge in [0.1, 0.15) is 11.8 Å². The Bertz CT molecular complexity index is 394. The summed E-state index contributed by atoms with van der Waals surface area (Å²) in [4.78, 5) is 13.8. The number of esters is 1. The molecule has 1 aromatic carbocycles. The molecule has 1 fully saturated rings. The lowest BCUT2D eigenvalue weighted by Gasteiger charge is -2.22. The SMILES string of the molecule is COC(=O)C1CCCN1CCCOc1ccccc1. The number of likely N-dealkylation sites (tertiary alicyclic amines) is 1. The van der Waals surface area contributed by atoms with Crippen LogP contribution in [0.25, 0.3) is 0 Å². The van der Waals surface area contributed by atoms with Crippen molar-refractivity contribution < 1.29 is 14.3 Å². The van der Waals surface area contributed by atoms with Gasteiger partial charge in [-0.15, -0.1) is 0 Å². The van der Waals surface area contributed by atoms with Crippen LogP contribution >= 0.6 is 0 Å². The van der Waals surface area contributed by atoms with E-state index >= 15 is 0 Å². The quantitative estimate of drug-likeness (QED) is 0.582. The molecule has 0 aromatic heterocycles. The predicted octanol–water partition coefficient (Wildman–Crippen LogP) is 2.09. The van der Waals surface area contributed by atoms with E-state index in [-0.39, 0.29) is 12.0 Å². The van der Waals surface area contributed by atoms with Crippen LogP contribution in [0.2, 0.25) is 0 Å². The summed E-state index contributed by atoms with van der Waals surface area (Å²) in [5, 5.41) is 0. The van der Waals surface area contributed by atoms with Crippen LogP contribution < -0.4 is 4.74 Å². The molecule has 0 bridgehead atoms. The molecule has 0 spiro atoms. The van der Waals surface area contributed by atoms with Gasteiger partial charge < -0.3 is 9.47 Å². The maximum absolute atomic E-state index is 11.6. The van der Waals surface area contributed by atoms with Crippen LogP contribution in [-0.2, 0) is 9.53 Å². The second-order valence-electron chi connectivity index (χ2n) is 4.73. The molecule has 4 heteroatoms. The van der Waals surface area contributed by atoms with Crippen LogP contribution in [0.15, 0.2) is 30.3 Å². The third kappa shape index (κ3) is 3.96. The van der Waals surface area contributed by atoms with Crippen molar-refractivity contribution >= 4 is 5.97 Å². The van der Waals surface area contributed by atoms with Crippen LogP contribution in [0, 0.1) is 0 Å². The Kier molecular flexibility index (Phi) is 5.21. The van der Waals surface area contributed by atoms with Gasteiger partial charge in [-0.05, 0) is 37.9 Å². The first-order chi connectivity index (χ1) is 9.31. The van der Waals surface area contributed by atoms with Gasteiger partial charge in [0, 0.05) is 6.54 Å². The van der Waals surface area contributed by atoms with E-state index in [1.165, 1.54) is 7.11 Å². The lowest BCUT2D eigenvalue weighted by atomic mass is 10.2. The Balaban J connectivity index is 1.69. The summed E-state index contributed by atoms with van der Waals surface area (Å²) >= 11 is 0. The zero-order valence-electron chi connectivity index (χ0n) is 11.4. The standard InChI is InChI=1S/C15H21NO3/c1-18-15(17)14-9-5-10-16(14)11-6-12-19-13-7-3-2-4-8-13/h2-4,7-8,14H,5-6,9-12H2,1H3. The van der Waals surface area contributed by atoms with Crippen LogP contribution in [0.1, 0.15) is 19.3 Å². The molecule has 0 radical (unpaired) electrons. The monoisotopic (exact) mass is 263 g/mol. The third-order valence-electron chi connectivity index (χ3n) is 3.44. The number of benzene rings is 1. The van der Waals surface area contributed by atoms with Gasteiger partial charge in [-0.25, -0.2) is 0 Å². The average Bonchev–Trinajstić information content (AvgIpc) is 2.92. The number of rotatable bonds is 6. The summed E-state index contributed by atoms with van der Waals surface area (Å²) in [5.74, 6) is 0.787. The lowest BCUT2D eigenvalue weighted by Crippen LogP contribution is -2.37. The number of methoxy groups -OCH3 is 1. The predicted molar refractivity (Wildman–Crippen MR) is 73.2 cm³/mol. The minimum atomic E-state index is -0.110. The van der Waals surface area contributed by atoms with Crippen LogP contribution in [0.4, 0.5) is 0 Å². The maximum atomic E-state index is 11.6. The highest BCUT2D eigenvalue weighted by Crippen LogP contribution is 2.18. The lowest BCUT2D eigenvalue weighted by molar-refractivity contribution is -0.145. The second-order valence-corrected chi connectivity index (χ2v) is 4.73. The molecule has 0 N–H and O–H groups in total. The topological polar surface area (TPSA) is 38.8 Å². The van der Waals surface area contributed by atoms with Crippen molar-refractivity contribution in [2.75, 3.05) is 26.8 Å². The number of nitrogens with zero attached hydrogens (tertiary/aromatic N) is 1. The molecule has 4 nitrogen and oxygen atoms in total. The average molecular weight is 263 g/mol. The minimum absolute atomic E-state index is 0.0540. The van der Waals surface area contributed by atoms with Gasteiger partial charge in [0.2, 0.25) is 0 Å². The van der Waals surface area contributed by atoms with E-state index in [1.807, 2.05) is 30.3 Å². The van der Waals surface area contributed by atoms with Gasteiger partial charge in [-0.2, -0.15) is 0 Å². The zero-order chi connectivity index (χ0) is 13.5. The molecule has 19 heavy (non-hydrogen) atoms. The van der Waals surface area contributed by atoms with E-state index in [9.17, 15) is 4.79 Å². The Morgan fingerprint density at radius 3 is 2.89 bits per heavy atom. The van der Waals surface area contributed by atoms with E-state index in [0.29, 0.717) is 6.61 Å². The Morgan fingerprint density at radius 2 is 2.16 bits per heavy atom. The van der Waals surface area contributed by atoms with E-state index < -0.39 is 0 Å². The Morgan fingerprint density at radius 1 is 1.37 bits per heavy atom. The minimum Gasteiger partial charge on any atom is -0.494 e. The summed E-state index contributed by atoms with van der Waals surface area (Å²) in [5.41, 5.74) is 0. The molecular formula is C15H21NO3. The van der Waals surface area contributed by atoms with Gasteiger partial charge in [0.25, 0.3) is 0 Å². The summed E-state index contributed by atoms with van der Waals surface area (Å²) in [6.07, 6.45) is 2.90. The van der Waals surface area contributed by atoms with Gasteiger partial charge in [0.05, 0.1) is 13.7 Å². The molecule has 1 aromatic rings. The molecule has 1 heterocycles. The van der Waals surface area contributed by atoms with Crippen LogP contribution in [-0.4, -0.2) is 43.7 Å². The smallest absolute Gasteiger partial charge is 0.323 e. The van der Waals surface area contributed by atoms with Gasteiger partial charge >= 0.3 is 5.97 Å². The first-order valence-corrected chi connectivity index (χ1v) is 6.81. The van der Waals surface area contributed by atoms with Gasteiger partial charge in [0.15, 0.2) is 0 Å². The fourth-order valence-corrected chi connectivity index (χ4v) is 2.47. The largest absolute Gasteiger partial charge is 0.494 e. The van der Waals surface area contributed by atoms with Crippen molar-refractivity contribution in [2.24, 2.45) is 0 Å². The van der Waals surface area contributed by atoms with E-state index in [0.717, 1.165) is 38.1 Å². The highest BCUT2D eigenvalue weighted by molar-refractivity contribution is 5.75. The zero-order valence-corrected chi connectivity index (χ0v) is 11.4. The van der Waals surface area contributed by atoms with E-state index in [4.69, 9.17) is 9.47 Å². The van der Waals surface area contributed by atoms with Crippen LogP contribution in [0.5, 0.6) is 5.75 Å². The molecule has 1 saturated heterocycles. The van der Waals surface area contributed by atoms with Gasteiger partial charge in [-0.1, -0.05) is 18.2 Å². The number of carbonyl (C=O) groups excluding carboxylic acids is 1. The number of para-hydroxylation sites is 1. The van der Waals surface area contributed by atoms with E-state index in [2.05, 4.69) is 4.90 Å². The number of carbonyl (C=O) groups is 1. The summed E-state index contributed by atoms with van der Waals surface area (Å²) in [6.45, 7) is 2.53. The molecule has 0 saturated carbocycles. The fraction of sp³-hybridized carbons (Fsp3) is 0.533. The van der Waals surface area contributed by atoms with Crippen LogP contribution in [0.3, 0.4) is 0 Å². The molecule has 0 aliphatic carbocycles. The molecule has 1 aliphatic heterocycles. The number of hydrogen-bond acceptors (Lipinski definition) is 4. The van der Waals surface area contributed by atoms with Crippen molar-refractivity contribution in [2.45, 2.75) is 25.3 Å². The van der Waals surface area contributed by atoms with Crippen molar-refractivity contribution in [1.82, 2.24) is 4.90 Å². The van der Waals surface area contributed by atoms with Gasteiger partial charge in [-0.3, -0.25) is 9.69 Å². The van der Waals surface area contributed by atoms with E-state index in [1.54, 1.807) is 0 Å². The first kappa shape index (κ1) is 13.9. The van der Waals surface area contributed by atoms with Crippen molar-refractivity contribution in [3.8, 4) is 5.75 Å². The maximum Gasteiger partial charge on any atom is 0.323 e. The Labute approximate surface area is 114 Å². The first-order valence-electron chi connectivity index (χ1n) is 6.81. The van der Waals surface area contributed by atoms with Crippen molar-refractivity contribution in [1.29, 1.82) is 0 Å². The molecule has 1 unspecified atom stereocenters. The van der Waals surface area contributed by atoms with Crippen molar-refractivity contribution in [3.05, 3.63) is 30.3 Å².